The van der Waals surface area contributed by atoms with Gasteiger partial charge in [-0.2, -0.15) is 5.10 Å². The van der Waals surface area contributed by atoms with Gasteiger partial charge in [0.05, 0.1) is 16.8 Å². The van der Waals surface area contributed by atoms with Crippen molar-refractivity contribution in [1.82, 2.24) is 14.6 Å². The molecule has 2 aromatic carbocycles. The zero-order valence-electron chi connectivity index (χ0n) is 16.3. The first kappa shape index (κ1) is 21.0. The van der Waals surface area contributed by atoms with Crippen molar-refractivity contribution in [2.75, 3.05) is 0 Å². The number of nitrogens with zero attached hydrogens (tertiary/aromatic N) is 3. The Morgan fingerprint density at radius 1 is 1.16 bits per heavy atom. The molecule has 0 atom stereocenters. The first-order valence-corrected chi connectivity index (χ1v) is 11.2. The molecule has 0 aliphatic carbocycles. The van der Waals surface area contributed by atoms with Gasteiger partial charge in [0.2, 0.25) is 10.0 Å². The van der Waals surface area contributed by atoms with E-state index in [0.717, 1.165) is 11.3 Å². The fourth-order valence-corrected chi connectivity index (χ4v) is 3.74. The Labute approximate surface area is 183 Å². The molecule has 8 nitrogen and oxygen atoms in total. The van der Waals surface area contributed by atoms with Gasteiger partial charge in [0.25, 0.3) is 0 Å². The lowest BCUT2D eigenvalue weighted by atomic mass is 10.1. The number of carbonyl (C=O) groups excluding carboxylic acids is 1. The number of carbonyl (C=O) groups is 1. The van der Waals surface area contributed by atoms with E-state index in [2.05, 4.69) is 10.1 Å². The minimum Gasteiger partial charge on any atom is -0.423 e. The van der Waals surface area contributed by atoms with E-state index < -0.39 is 16.0 Å². The molecule has 0 spiro atoms. The van der Waals surface area contributed by atoms with Gasteiger partial charge in [0.1, 0.15) is 11.3 Å². The molecule has 0 saturated heterocycles. The number of aromatic nitrogens is 3. The van der Waals surface area contributed by atoms with Crippen LogP contribution in [-0.4, -0.2) is 29.0 Å². The Morgan fingerprint density at radius 3 is 2.58 bits per heavy atom. The fourth-order valence-electron chi connectivity index (χ4n) is 3.07. The van der Waals surface area contributed by atoms with Crippen LogP contribution in [-0.2, 0) is 16.4 Å². The van der Waals surface area contributed by atoms with Crippen LogP contribution in [0.4, 0.5) is 0 Å². The Bertz CT molecular complexity index is 1400. The monoisotopic (exact) mass is 456 g/mol. The van der Waals surface area contributed by atoms with Crippen LogP contribution >= 0.6 is 11.6 Å². The van der Waals surface area contributed by atoms with E-state index in [0.29, 0.717) is 22.8 Å². The summed E-state index contributed by atoms with van der Waals surface area (Å²) in [7, 11) is -3.93. The highest BCUT2D eigenvalue weighted by molar-refractivity contribution is 7.89. The predicted molar refractivity (Wildman–Crippen MR) is 116 cm³/mol. The number of benzene rings is 2. The van der Waals surface area contributed by atoms with Crippen LogP contribution in [0.1, 0.15) is 23.0 Å². The average Bonchev–Trinajstić information content (AvgIpc) is 3.17. The maximum atomic E-state index is 12.8. The molecule has 2 aromatic heterocycles. The second-order valence-electron chi connectivity index (χ2n) is 6.70. The largest absolute Gasteiger partial charge is 0.423 e. The number of aryl methyl sites for hydroxylation is 1. The quantitative estimate of drug-likeness (QED) is 0.363. The standard InChI is InChI=1S/C21H17ClN4O4S/c1-2-15-10-19(13-6-8-14(22)9-7-13)25-20-18(12-24-26(15)20)21(27)30-16-4-3-5-17(11-16)31(23,28)29/h3-12H,2H2,1H3,(H2,23,28,29). The van der Waals surface area contributed by atoms with Gasteiger partial charge in [-0.05, 0) is 36.8 Å². The van der Waals surface area contributed by atoms with E-state index in [4.69, 9.17) is 21.5 Å². The number of ether oxygens (including phenoxy) is 1. The highest BCUT2D eigenvalue weighted by Gasteiger charge is 2.20. The van der Waals surface area contributed by atoms with Crippen molar-refractivity contribution < 1.29 is 17.9 Å². The van der Waals surface area contributed by atoms with Crippen molar-refractivity contribution in [3.05, 3.63) is 77.1 Å². The molecule has 0 aliphatic heterocycles. The molecular weight excluding hydrogens is 440 g/mol. The molecule has 4 rings (SSSR count). The van der Waals surface area contributed by atoms with Gasteiger partial charge >= 0.3 is 5.97 Å². The second kappa shape index (κ2) is 8.10. The molecular formula is C21H17ClN4O4S. The van der Waals surface area contributed by atoms with Gasteiger partial charge in [-0.1, -0.05) is 36.7 Å². The van der Waals surface area contributed by atoms with E-state index in [9.17, 15) is 13.2 Å². The fraction of sp³-hybridized carbons (Fsp3) is 0.0952. The molecule has 10 heteroatoms. The molecule has 0 bridgehead atoms. The zero-order valence-corrected chi connectivity index (χ0v) is 17.9. The van der Waals surface area contributed by atoms with Crippen molar-refractivity contribution in [3.8, 4) is 17.0 Å². The zero-order chi connectivity index (χ0) is 22.2. The van der Waals surface area contributed by atoms with Gasteiger partial charge in [-0.25, -0.2) is 27.9 Å². The normalized spacial score (nSPS) is 11.6. The van der Waals surface area contributed by atoms with Crippen LogP contribution in [0.2, 0.25) is 5.02 Å². The third-order valence-corrected chi connectivity index (χ3v) is 5.78. The maximum Gasteiger partial charge on any atom is 0.349 e. The van der Waals surface area contributed by atoms with Crippen LogP contribution in [0.15, 0.2) is 65.7 Å². The van der Waals surface area contributed by atoms with Crippen LogP contribution < -0.4 is 9.88 Å². The first-order valence-electron chi connectivity index (χ1n) is 9.25. The highest BCUT2D eigenvalue weighted by Crippen LogP contribution is 2.24. The molecule has 31 heavy (non-hydrogen) atoms. The summed E-state index contributed by atoms with van der Waals surface area (Å²) >= 11 is 5.98. The number of fused-ring (bicyclic) bond motifs is 1. The number of hydrogen-bond donors (Lipinski definition) is 1. The molecule has 2 N–H and O–H groups in total. The van der Waals surface area contributed by atoms with Crippen molar-refractivity contribution in [1.29, 1.82) is 0 Å². The maximum absolute atomic E-state index is 12.8. The topological polar surface area (TPSA) is 117 Å². The van der Waals surface area contributed by atoms with Gasteiger partial charge in [-0.3, -0.25) is 0 Å². The number of sulfonamides is 1. The number of nitrogens with two attached hydrogens (primary N) is 1. The molecule has 0 aliphatic rings. The minimum atomic E-state index is -3.93. The summed E-state index contributed by atoms with van der Waals surface area (Å²) in [5, 5.41) is 10.0. The minimum absolute atomic E-state index is 0.0421. The highest BCUT2D eigenvalue weighted by atomic mass is 35.5. The number of esters is 1. The van der Waals surface area contributed by atoms with Crippen LogP contribution in [0.5, 0.6) is 5.75 Å². The summed E-state index contributed by atoms with van der Waals surface area (Å²) in [6, 6.07) is 14.5. The van der Waals surface area contributed by atoms with Crippen LogP contribution in [0.3, 0.4) is 0 Å². The smallest absolute Gasteiger partial charge is 0.349 e. The van der Waals surface area contributed by atoms with E-state index >= 15 is 0 Å². The Balaban J connectivity index is 1.75. The summed E-state index contributed by atoms with van der Waals surface area (Å²) in [6.45, 7) is 1.97. The first-order chi connectivity index (χ1) is 14.8. The lowest BCUT2D eigenvalue weighted by Crippen LogP contribution is -2.13. The van der Waals surface area contributed by atoms with Gasteiger partial charge < -0.3 is 4.74 Å². The Kier molecular flexibility index (Phi) is 5.48. The average molecular weight is 457 g/mol. The molecule has 0 fully saturated rings. The summed E-state index contributed by atoms with van der Waals surface area (Å²) in [4.78, 5) is 17.3. The molecule has 0 unspecified atom stereocenters. The Hall–Kier alpha value is -3.27. The van der Waals surface area contributed by atoms with Crippen molar-refractivity contribution >= 4 is 33.2 Å². The van der Waals surface area contributed by atoms with E-state index in [1.807, 2.05) is 25.1 Å². The molecule has 0 saturated carbocycles. The third-order valence-electron chi connectivity index (χ3n) is 4.61. The van der Waals surface area contributed by atoms with E-state index in [1.54, 1.807) is 16.6 Å². The molecule has 158 valence electrons. The number of rotatable bonds is 5. The number of halogens is 1. The van der Waals surface area contributed by atoms with Crippen molar-refractivity contribution in [3.63, 3.8) is 0 Å². The molecule has 2 heterocycles. The van der Waals surface area contributed by atoms with Crippen molar-refractivity contribution in [2.45, 2.75) is 18.2 Å². The predicted octanol–water partition coefficient (Wildman–Crippen LogP) is 3.48. The molecule has 0 radical (unpaired) electrons. The van der Waals surface area contributed by atoms with E-state index in [-0.39, 0.29) is 16.2 Å². The lowest BCUT2D eigenvalue weighted by molar-refractivity contribution is 0.0736. The van der Waals surface area contributed by atoms with Crippen LogP contribution in [0.25, 0.3) is 16.9 Å². The number of hydrogen-bond acceptors (Lipinski definition) is 6. The van der Waals surface area contributed by atoms with E-state index in [1.165, 1.54) is 30.5 Å². The second-order valence-corrected chi connectivity index (χ2v) is 8.69. The molecule has 0 amide bonds. The molecule has 4 aromatic rings. The van der Waals surface area contributed by atoms with Crippen molar-refractivity contribution in [2.24, 2.45) is 5.14 Å². The summed E-state index contributed by atoms with van der Waals surface area (Å²) in [5.41, 5.74) is 2.82. The van der Waals surface area contributed by atoms with Gasteiger partial charge in [0, 0.05) is 22.3 Å². The number of primary sulfonamides is 1. The SMILES string of the molecule is CCc1cc(-c2ccc(Cl)cc2)nc2c(C(=O)Oc3cccc(S(N)(=O)=O)c3)cnn12. The lowest BCUT2D eigenvalue weighted by Gasteiger charge is -2.08. The summed E-state index contributed by atoms with van der Waals surface area (Å²) < 4.78 is 30.0. The third kappa shape index (κ3) is 4.29. The van der Waals surface area contributed by atoms with Crippen LogP contribution in [0, 0.1) is 0 Å². The Morgan fingerprint density at radius 2 is 1.90 bits per heavy atom. The summed E-state index contributed by atoms with van der Waals surface area (Å²) in [6.07, 6.45) is 2.03. The van der Waals surface area contributed by atoms with Gasteiger partial charge in [0.15, 0.2) is 5.65 Å². The van der Waals surface area contributed by atoms with Gasteiger partial charge in [-0.15, -0.1) is 0 Å². The summed E-state index contributed by atoms with van der Waals surface area (Å²) in [5.74, 6) is -0.676.